The fourth-order valence-electron chi connectivity index (χ4n) is 1.73. The second kappa shape index (κ2) is 5.27. The van der Waals surface area contributed by atoms with Crippen molar-refractivity contribution in [1.29, 1.82) is 0 Å². The first-order valence-corrected chi connectivity index (χ1v) is 6.71. The number of carboxylic acid groups (broad SMARTS) is 1. The molecule has 0 radical (unpaired) electrons. The Morgan fingerprint density at radius 2 is 2.18 bits per heavy atom. The summed E-state index contributed by atoms with van der Waals surface area (Å²) in [4.78, 5) is 11.1. The maximum Gasteiger partial charge on any atom is 0.372 e. The zero-order valence-corrected chi connectivity index (χ0v) is 10.4. The van der Waals surface area contributed by atoms with Crippen LogP contribution < -0.4 is 0 Å². The van der Waals surface area contributed by atoms with E-state index in [9.17, 15) is 4.79 Å². The Balaban J connectivity index is 2.41. The summed E-state index contributed by atoms with van der Waals surface area (Å²) in [6.45, 7) is 2.11. The molecule has 0 aliphatic rings. The van der Waals surface area contributed by atoms with E-state index in [1.54, 1.807) is 17.8 Å². The van der Waals surface area contributed by atoms with Crippen LogP contribution in [0.25, 0.3) is 11.0 Å². The van der Waals surface area contributed by atoms with Gasteiger partial charge in [0.1, 0.15) is 5.58 Å². The standard InChI is InChI=1S/C13H14O3S/c1-2-7-17-8-10-9-5-3-4-6-11(9)16-12(10)13(14)15/h3-6H,2,7-8H2,1H3,(H,14,15). The first-order valence-electron chi connectivity index (χ1n) is 5.55. The predicted octanol–water partition coefficient (Wildman–Crippen LogP) is 3.77. The lowest BCUT2D eigenvalue weighted by Gasteiger charge is -1.99. The van der Waals surface area contributed by atoms with Crippen LogP contribution in [-0.2, 0) is 5.75 Å². The van der Waals surface area contributed by atoms with Crippen LogP contribution in [0.2, 0.25) is 0 Å². The summed E-state index contributed by atoms with van der Waals surface area (Å²) < 4.78 is 5.38. The van der Waals surface area contributed by atoms with E-state index in [0.717, 1.165) is 23.1 Å². The van der Waals surface area contributed by atoms with E-state index in [0.29, 0.717) is 11.3 Å². The van der Waals surface area contributed by atoms with Crippen LogP contribution in [0.1, 0.15) is 29.5 Å². The van der Waals surface area contributed by atoms with Crippen LogP contribution in [0, 0.1) is 0 Å². The van der Waals surface area contributed by atoms with Crippen molar-refractivity contribution in [2.24, 2.45) is 0 Å². The van der Waals surface area contributed by atoms with E-state index in [4.69, 9.17) is 9.52 Å². The molecule has 1 heterocycles. The van der Waals surface area contributed by atoms with Gasteiger partial charge in [-0.15, -0.1) is 0 Å². The zero-order valence-electron chi connectivity index (χ0n) is 9.60. The van der Waals surface area contributed by atoms with E-state index in [-0.39, 0.29) is 5.76 Å². The molecule has 17 heavy (non-hydrogen) atoms. The van der Waals surface area contributed by atoms with Gasteiger partial charge in [-0.3, -0.25) is 0 Å². The summed E-state index contributed by atoms with van der Waals surface area (Å²) in [6, 6.07) is 7.46. The van der Waals surface area contributed by atoms with Gasteiger partial charge in [0.05, 0.1) is 0 Å². The van der Waals surface area contributed by atoms with Gasteiger partial charge in [0.2, 0.25) is 5.76 Å². The Morgan fingerprint density at radius 3 is 2.88 bits per heavy atom. The molecule has 1 aromatic heterocycles. The Labute approximate surface area is 104 Å². The van der Waals surface area contributed by atoms with Crippen LogP contribution in [0.4, 0.5) is 0 Å². The molecule has 1 aromatic carbocycles. The number of rotatable bonds is 5. The predicted molar refractivity (Wildman–Crippen MR) is 69.6 cm³/mol. The minimum Gasteiger partial charge on any atom is -0.475 e. The first-order chi connectivity index (χ1) is 8.24. The van der Waals surface area contributed by atoms with Gasteiger partial charge in [-0.1, -0.05) is 25.1 Å². The van der Waals surface area contributed by atoms with Crippen LogP contribution in [-0.4, -0.2) is 16.8 Å². The summed E-state index contributed by atoms with van der Waals surface area (Å²) in [5.74, 6) is 0.800. The molecule has 0 aliphatic heterocycles. The SMILES string of the molecule is CCCSCc1c(C(=O)O)oc2ccccc12. The minimum atomic E-state index is -0.992. The third-order valence-electron chi connectivity index (χ3n) is 2.49. The van der Waals surface area contributed by atoms with E-state index in [2.05, 4.69) is 6.92 Å². The smallest absolute Gasteiger partial charge is 0.372 e. The lowest BCUT2D eigenvalue weighted by molar-refractivity contribution is 0.0664. The number of furan rings is 1. The van der Waals surface area contributed by atoms with E-state index in [1.165, 1.54) is 0 Å². The quantitative estimate of drug-likeness (QED) is 0.820. The van der Waals surface area contributed by atoms with E-state index < -0.39 is 5.97 Å². The van der Waals surface area contributed by atoms with Crippen molar-refractivity contribution in [3.63, 3.8) is 0 Å². The molecule has 4 heteroatoms. The highest BCUT2D eigenvalue weighted by Crippen LogP contribution is 2.29. The number of para-hydroxylation sites is 1. The molecule has 0 saturated heterocycles. The molecule has 3 nitrogen and oxygen atoms in total. The molecule has 1 N–H and O–H groups in total. The van der Waals surface area contributed by atoms with Gasteiger partial charge in [0, 0.05) is 16.7 Å². The molecule has 0 bridgehead atoms. The normalized spacial score (nSPS) is 10.9. The molecule has 90 valence electrons. The second-order valence-corrected chi connectivity index (χ2v) is 4.87. The third kappa shape index (κ3) is 2.47. The summed E-state index contributed by atoms with van der Waals surface area (Å²) in [6.07, 6.45) is 1.09. The van der Waals surface area contributed by atoms with Gasteiger partial charge in [-0.05, 0) is 18.2 Å². The topological polar surface area (TPSA) is 50.4 Å². The second-order valence-electron chi connectivity index (χ2n) is 3.76. The van der Waals surface area contributed by atoms with Gasteiger partial charge in [0.25, 0.3) is 0 Å². The van der Waals surface area contributed by atoms with Gasteiger partial charge >= 0.3 is 5.97 Å². The van der Waals surface area contributed by atoms with Crippen molar-refractivity contribution in [1.82, 2.24) is 0 Å². The number of aromatic carboxylic acids is 1. The summed E-state index contributed by atoms with van der Waals surface area (Å²) in [5.41, 5.74) is 1.45. The Bertz CT molecular complexity index is 530. The molecular weight excluding hydrogens is 236 g/mol. The first kappa shape index (κ1) is 12.0. The highest BCUT2D eigenvalue weighted by Gasteiger charge is 2.19. The lowest BCUT2D eigenvalue weighted by Crippen LogP contribution is -1.98. The van der Waals surface area contributed by atoms with Crippen molar-refractivity contribution in [3.05, 3.63) is 35.6 Å². The Kier molecular flexibility index (Phi) is 3.74. The monoisotopic (exact) mass is 250 g/mol. The molecule has 0 atom stereocenters. The maximum atomic E-state index is 11.1. The highest BCUT2D eigenvalue weighted by molar-refractivity contribution is 7.98. The molecule has 0 saturated carbocycles. The number of benzene rings is 1. The van der Waals surface area contributed by atoms with Gasteiger partial charge in [-0.2, -0.15) is 11.8 Å². The van der Waals surface area contributed by atoms with Crippen molar-refractivity contribution < 1.29 is 14.3 Å². The zero-order chi connectivity index (χ0) is 12.3. The van der Waals surface area contributed by atoms with E-state index in [1.807, 2.05) is 18.2 Å². The molecule has 0 amide bonds. The summed E-state index contributed by atoms with van der Waals surface area (Å²) in [7, 11) is 0. The van der Waals surface area contributed by atoms with Crippen LogP contribution in [0.5, 0.6) is 0 Å². The number of thioether (sulfide) groups is 1. The third-order valence-corrected chi connectivity index (χ3v) is 3.68. The van der Waals surface area contributed by atoms with Crippen molar-refractivity contribution in [3.8, 4) is 0 Å². The number of carbonyl (C=O) groups is 1. The van der Waals surface area contributed by atoms with Crippen molar-refractivity contribution >= 4 is 28.7 Å². The van der Waals surface area contributed by atoms with E-state index >= 15 is 0 Å². The largest absolute Gasteiger partial charge is 0.475 e. The highest BCUT2D eigenvalue weighted by atomic mass is 32.2. The number of hydrogen-bond acceptors (Lipinski definition) is 3. The van der Waals surface area contributed by atoms with Gasteiger partial charge in [0.15, 0.2) is 0 Å². The van der Waals surface area contributed by atoms with Gasteiger partial charge < -0.3 is 9.52 Å². The summed E-state index contributed by atoms with van der Waals surface area (Å²) in [5, 5.41) is 10.0. The molecule has 0 spiro atoms. The van der Waals surface area contributed by atoms with Crippen molar-refractivity contribution in [2.75, 3.05) is 5.75 Å². The lowest BCUT2D eigenvalue weighted by atomic mass is 10.1. The minimum absolute atomic E-state index is 0.0785. The van der Waals surface area contributed by atoms with Crippen LogP contribution >= 0.6 is 11.8 Å². The molecule has 0 aliphatic carbocycles. The average Bonchev–Trinajstić information content (AvgIpc) is 2.69. The molecular formula is C13H14O3S. The summed E-state index contributed by atoms with van der Waals surface area (Å²) >= 11 is 1.73. The van der Waals surface area contributed by atoms with Crippen LogP contribution in [0.3, 0.4) is 0 Å². The number of carboxylic acids is 1. The van der Waals surface area contributed by atoms with Crippen molar-refractivity contribution in [2.45, 2.75) is 19.1 Å². The van der Waals surface area contributed by atoms with Crippen LogP contribution in [0.15, 0.2) is 28.7 Å². The molecule has 0 unspecified atom stereocenters. The Morgan fingerprint density at radius 1 is 1.41 bits per heavy atom. The molecule has 0 fully saturated rings. The average molecular weight is 250 g/mol. The maximum absolute atomic E-state index is 11.1. The fourth-order valence-corrected chi connectivity index (χ4v) is 2.66. The number of fused-ring (bicyclic) bond motifs is 1. The van der Waals surface area contributed by atoms with Gasteiger partial charge in [-0.25, -0.2) is 4.79 Å². The Hall–Kier alpha value is -1.42. The fraction of sp³-hybridized carbons (Fsp3) is 0.308. The molecule has 2 rings (SSSR count). The number of hydrogen-bond donors (Lipinski definition) is 1. The molecule has 2 aromatic rings.